The van der Waals surface area contributed by atoms with Crippen molar-refractivity contribution in [3.05, 3.63) is 23.9 Å². The molecule has 0 unspecified atom stereocenters. The van der Waals surface area contributed by atoms with Gasteiger partial charge in [0.25, 0.3) is 0 Å². The minimum Gasteiger partial charge on any atom is -0.267 e. The van der Waals surface area contributed by atoms with E-state index in [2.05, 4.69) is 9.71 Å². The van der Waals surface area contributed by atoms with Gasteiger partial charge in [-0.05, 0) is 18.6 Å². The van der Waals surface area contributed by atoms with Crippen molar-refractivity contribution in [2.24, 2.45) is 0 Å². The van der Waals surface area contributed by atoms with E-state index in [0.717, 1.165) is 0 Å². The van der Waals surface area contributed by atoms with Crippen LogP contribution < -0.4 is 4.72 Å². The summed E-state index contributed by atoms with van der Waals surface area (Å²) in [7, 11) is -3.40. The number of nitrogens with one attached hydrogen (secondary N) is 1. The van der Waals surface area contributed by atoms with Crippen LogP contribution in [0.5, 0.6) is 0 Å². The number of rotatable bonds is 5. The Balaban J connectivity index is 2.70. The van der Waals surface area contributed by atoms with E-state index in [-0.39, 0.29) is 11.6 Å². The van der Waals surface area contributed by atoms with Crippen molar-refractivity contribution in [1.29, 1.82) is 5.26 Å². The predicted octanol–water partition coefficient (Wildman–Crippen LogP) is 1.32. The second kappa shape index (κ2) is 5.68. The average molecular weight is 260 g/mol. The lowest BCUT2D eigenvalue weighted by Crippen LogP contribution is -2.17. The van der Waals surface area contributed by atoms with Crippen LogP contribution in [-0.2, 0) is 10.0 Å². The third-order valence-corrected chi connectivity index (χ3v) is 3.31. The predicted molar refractivity (Wildman–Crippen MR) is 61.7 cm³/mol. The Kier molecular flexibility index (Phi) is 4.52. The molecule has 0 aliphatic carbocycles. The fourth-order valence-electron chi connectivity index (χ4n) is 0.975. The van der Waals surface area contributed by atoms with E-state index >= 15 is 0 Å². The standard InChI is InChI=1S/C9H10ClN3O2S/c10-4-1-5-16(14,15)13-9-3-2-8(6-11)7-12-9/h2-3,7H,1,4-5H2,(H,12,13). The van der Waals surface area contributed by atoms with Crippen LogP contribution in [0.1, 0.15) is 12.0 Å². The number of anilines is 1. The number of hydrogen-bond acceptors (Lipinski definition) is 4. The van der Waals surface area contributed by atoms with Gasteiger partial charge in [-0.25, -0.2) is 13.4 Å². The van der Waals surface area contributed by atoms with E-state index in [1.54, 1.807) is 0 Å². The topological polar surface area (TPSA) is 82.9 Å². The van der Waals surface area contributed by atoms with Gasteiger partial charge in [0.05, 0.1) is 11.3 Å². The Hall–Kier alpha value is -1.32. The molecule has 0 aromatic carbocycles. The molecule has 1 aromatic heterocycles. The van der Waals surface area contributed by atoms with Crippen molar-refractivity contribution >= 4 is 27.4 Å². The quantitative estimate of drug-likeness (QED) is 0.809. The van der Waals surface area contributed by atoms with Gasteiger partial charge in [0, 0.05) is 12.1 Å². The number of alkyl halides is 1. The largest absolute Gasteiger partial charge is 0.267 e. The van der Waals surface area contributed by atoms with Gasteiger partial charge in [-0.3, -0.25) is 4.72 Å². The number of halogens is 1. The summed E-state index contributed by atoms with van der Waals surface area (Å²) in [6.07, 6.45) is 1.69. The molecule has 16 heavy (non-hydrogen) atoms. The van der Waals surface area contributed by atoms with Crippen molar-refractivity contribution in [3.8, 4) is 6.07 Å². The smallest absolute Gasteiger partial charge is 0.233 e. The van der Waals surface area contributed by atoms with E-state index in [1.807, 2.05) is 6.07 Å². The fraction of sp³-hybridized carbons (Fsp3) is 0.333. The van der Waals surface area contributed by atoms with E-state index < -0.39 is 10.0 Å². The maximum Gasteiger partial charge on any atom is 0.233 e. The lowest BCUT2D eigenvalue weighted by molar-refractivity contribution is 0.600. The van der Waals surface area contributed by atoms with E-state index in [4.69, 9.17) is 16.9 Å². The first kappa shape index (κ1) is 12.7. The molecule has 0 spiro atoms. The van der Waals surface area contributed by atoms with Crippen LogP contribution in [0.15, 0.2) is 18.3 Å². The second-order valence-corrected chi connectivity index (χ2v) is 5.23. The number of nitrogens with zero attached hydrogens (tertiary/aromatic N) is 2. The van der Waals surface area contributed by atoms with Gasteiger partial charge >= 0.3 is 0 Å². The molecule has 0 saturated heterocycles. The maximum absolute atomic E-state index is 11.4. The summed E-state index contributed by atoms with van der Waals surface area (Å²) in [4.78, 5) is 3.80. The summed E-state index contributed by atoms with van der Waals surface area (Å²) in [6, 6.07) is 4.83. The summed E-state index contributed by atoms with van der Waals surface area (Å²) < 4.78 is 25.2. The van der Waals surface area contributed by atoms with Gasteiger partial charge in [-0.15, -0.1) is 11.6 Å². The number of aromatic nitrogens is 1. The number of nitriles is 1. The Morgan fingerprint density at radius 1 is 1.50 bits per heavy atom. The molecule has 1 heterocycles. The monoisotopic (exact) mass is 259 g/mol. The molecule has 0 aliphatic heterocycles. The fourth-order valence-corrected chi connectivity index (χ4v) is 2.33. The Labute approximate surface area is 99.1 Å². The molecule has 0 radical (unpaired) electrons. The average Bonchev–Trinajstić information content (AvgIpc) is 2.27. The lowest BCUT2D eigenvalue weighted by Gasteiger charge is -2.05. The second-order valence-electron chi connectivity index (χ2n) is 3.01. The van der Waals surface area contributed by atoms with Gasteiger partial charge < -0.3 is 0 Å². The molecule has 0 amide bonds. The minimum atomic E-state index is -3.40. The minimum absolute atomic E-state index is 0.0435. The molecular formula is C9H10ClN3O2S. The van der Waals surface area contributed by atoms with Crippen LogP contribution in [-0.4, -0.2) is 25.0 Å². The van der Waals surface area contributed by atoms with Crippen molar-refractivity contribution in [2.75, 3.05) is 16.4 Å². The molecule has 1 aromatic rings. The summed E-state index contributed by atoms with van der Waals surface area (Å²) in [6.45, 7) is 0. The highest BCUT2D eigenvalue weighted by Crippen LogP contribution is 2.07. The molecule has 0 atom stereocenters. The molecule has 0 bridgehead atoms. The molecule has 7 heteroatoms. The summed E-state index contributed by atoms with van der Waals surface area (Å²) in [5, 5.41) is 8.53. The first-order chi connectivity index (χ1) is 7.57. The lowest BCUT2D eigenvalue weighted by atomic mass is 10.3. The summed E-state index contributed by atoms with van der Waals surface area (Å²) in [5.41, 5.74) is 0.378. The van der Waals surface area contributed by atoms with Crippen molar-refractivity contribution < 1.29 is 8.42 Å². The molecule has 0 aliphatic rings. The van der Waals surface area contributed by atoms with Crippen LogP contribution in [0.3, 0.4) is 0 Å². The first-order valence-electron chi connectivity index (χ1n) is 4.50. The summed E-state index contributed by atoms with van der Waals surface area (Å²) in [5.74, 6) is 0.452. The zero-order valence-electron chi connectivity index (χ0n) is 8.35. The van der Waals surface area contributed by atoms with Gasteiger partial charge in [0.2, 0.25) is 10.0 Å². The zero-order chi connectivity index (χ0) is 12.0. The maximum atomic E-state index is 11.4. The highest BCUT2D eigenvalue weighted by Gasteiger charge is 2.10. The summed E-state index contributed by atoms with van der Waals surface area (Å²) >= 11 is 5.41. The molecule has 1 rings (SSSR count). The van der Waals surface area contributed by atoms with Crippen LogP contribution >= 0.6 is 11.6 Å². The molecule has 1 N–H and O–H groups in total. The normalized spacial score (nSPS) is 10.8. The third kappa shape index (κ3) is 4.04. The van der Waals surface area contributed by atoms with Crippen LogP contribution in [0, 0.1) is 11.3 Å². The number of hydrogen-bond donors (Lipinski definition) is 1. The molecule has 0 saturated carbocycles. The van der Waals surface area contributed by atoms with Crippen molar-refractivity contribution in [1.82, 2.24) is 4.98 Å². The number of sulfonamides is 1. The molecule has 86 valence electrons. The Bertz CT molecular complexity index is 478. The van der Waals surface area contributed by atoms with Crippen LogP contribution in [0.4, 0.5) is 5.82 Å². The third-order valence-electron chi connectivity index (χ3n) is 1.70. The van der Waals surface area contributed by atoms with Gasteiger partial charge in [0.1, 0.15) is 11.9 Å². The Morgan fingerprint density at radius 3 is 2.75 bits per heavy atom. The van der Waals surface area contributed by atoms with Crippen molar-refractivity contribution in [2.45, 2.75) is 6.42 Å². The molecular weight excluding hydrogens is 250 g/mol. The zero-order valence-corrected chi connectivity index (χ0v) is 9.92. The number of pyridine rings is 1. The highest BCUT2D eigenvalue weighted by molar-refractivity contribution is 7.92. The SMILES string of the molecule is N#Cc1ccc(NS(=O)(=O)CCCCl)nc1. The van der Waals surface area contributed by atoms with Gasteiger partial charge in [-0.1, -0.05) is 0 Å². The van der Waals surface area contributed by atoms with Crippen LogP contribution in [0.2, 0.25) is 0 Å². The van der Waals surface area contributed by atoms with Crippen molar-refractivity contribution in [3.63, 3.8) is 0 Å². The van der Waals surface area contributed by atoms with E-state index in [0.29, 0.717) is 17.9 Å². The molecule has 0 fully saturated rings. The van der Waals surface area contributed by atoms with Gasteiger partial charge in [0.15, 0.2) is 0 Å². The molecule has 5 nitrogen and oxygen atoms in total. The Morgan fingerprint density at radius 2 is 2.25 bits per heavy atom. The van der Waals surface area contributed by atoms with E-state index in [9.17, 15) is 8.42 Å². The van der Waals surface area contributed by atoms with Crippen LogP contribution in [0.25, 0.3) is 0 Å². The van der Waals surface area contributed by atoms with Gasteiger partial charge in [-0.2, -0.15) is 5.26 Å². The van der Waals surface area contributed by atoms with E-state index in [1.165, 1.54) is 18.3 Å². The highest BCUT2D eigenvalue weighted by atomic mass is 35.5. The first-order valence-corrected chi connectivity index (χ1v) is 6.68.